The van der Waals surface area contributed by atoms with E-state index in [1.165, 1.54) is 9.80 Å². The summed E-state index contributed by atoms with van der Waals surface area (Å²) < 4.78 is 23.8. The number of aliphatic hydroxyl groups is 1. The topological polar surface area (TPSA) is 98.2 Å². The lowest BCUT2D eigenvalue weighted by Gasteiger charge is -2.31. The van der Waals surface area contributed by atoms with E-state index in [2.05, 4.69) is 0 Å². The maximum absolute atomic E-state index is 13.0. The highest BCUT2D eigenvalue weighted by atomic mass is 32.2. The van der Waals surface area contributed by atoms with E-state index in [0.717, 1.165) is 5.56 Å². The van der Waals surface area contributed by atoms with Crippen LogP contribution in [0.5, 0.6) is 0 Å². The summed E-state index contributed by atoms with van der Waals surface area (Å²) in [6.07, 6.45) is 0.341. The first-order chi connectivity index (χ1) is 13.2. The molecule has 1 fully saturated rings. The largest absolute Gasteiger partial charge is 0.395 e. The molecule has 28 heavy (non-hydrogen) atoms. The van der Waals surface area contributed by atoms with Crippen LogP contribution in [0.1, 0.15) is 12.0 Å². The Morgan fingerprint density at radius 2 is 1.75 bits per heavy atom. The van der Waals surface area contributed by atoms with Gasteiger partial charge in [-0.3, -0.25) is 9.59 Å². The van der Waals surface area contributed by atoms with Gasteiger partial charge in [-0.25, -0.2) is 8.42 Å². The number of benzene rings is 1. The van der Waals surface area contributed by atoms with Gasteiger partial charge in [0.1, 0.15) is 0 Å². The van der Waals surface area contributed by atoms with Gasteiger partial charge in [-0.1, -0.05) is 30.3 Å². The van der Waals surface area contributed by atoms with E-state index in [0.29, 0.717) is 13.0 Å². The van der Waals surface area contributed by atoms with Gasteiger partial charge in [0.05, 0.1) is 18.1 Å². The molecule has 1 saturated heterocycles. The summed E-state index contributed by atoms with van der Waals surface area (Å²) in [5.74, 6) is -1.52. The first-order valence-electron chi connectivity index (χ1n) is 9.33. The van der Waals surface area contributed by atoms with Gasteiger partial charge in [0.2, 0.25) is 0 Å². The zero-order chi connectivity index (χ0) is 20.7. The monoisotopic (exact) mass is 411 g/mol. The average molecular weight is 412 g/mol. The van der Waals surface area contributed by atoms with Crippen LogP contribution in [0.4, 0.5) is 0 Å². The second-order valence-corrected chi connectivity index (χ2v) is 9.52. The SMILES string of the molecule is CN(C)CCN(C(=O)C(=O)N(CCO)Cc1ccccc1)C1CCS(=O)(=O)C1. The van der Waals surface area contributed by atoms with Gasteiger partial charge < -0.3 is 19.8 Å². The van der Waals surface area contributed by atoms with Crippen molar-refractivity contribution in [3.05, 3.63) is 35.9 Å². The van der Waals surface area contributed by atoms with Gasteiger partial charge in [0.25, 0.3) is 0 Å². The molecule has 1 aliphatic rings. The van der Waals surface area contributed by atoms with E-state index in [1.807, 2.05) is 49.3 Å². The van der Waals surface area contributed by atoms with Crippen LogP contribution >= 0.6 is 0 Å². The molecule has 1 aromatic carbocycles. The number of amides is 2. The third-order valence-corrected chi connectivity index (χ3v) is 6.50. The second kappa shape index (κ2) is 9.99. The number of sulfone groups is 1. The molecule has 0 spiro atoms. The molecule has 1 N–H and O–H groups in total. The molecule has 1 heterocycles. The standard InChI is InChI=1S/C19H29N3O5S/c1-20(2)9-10-22(17-8-13-28(26,27)15-17)19(25)18(24)21(11-12-23)14-16-6-4-3-5-7-16/h3-7,17,23H,8-15H2,1-2H3. The minimum absolute atomic E-state index is 0.0297. The van der Waals surface area contributed by atoms with Crippen molar-refractivity contribution in [3.63, 3.8) is 0 Å². The lowest BCUT2D eigenvalue weighted by atomic mass is 10.2. The predicted octanol–water partition coefficient (Wildman–Crippen LogP) is -0.415. The summed E-state index contributed by atoms with van der Waals surface area (Å²) in [6.45, 7) is 0.770. The van der Waals surface area contributed by atoms with Gasteiger partial charge >= 0.3 is 11.8 Å². The van der Waals surface area contributed by atoms with Crippen molar-refractivity contribution in [2.45, 2.75) is 19.0 Å². The van der Waals surface area contributed by atoms with Gasteiger partial charge in [-0.2, -0.15) is 0 Å². The van der Waals surface area contributed by atoms with E-state index in [4.69, 9.17) is 0 Å². The summed E-state index contributed by atoms with van der Waals surface area (Å²) in [5.41, 5.74) is 0.848. The molecule has 0 radical (unpaired) electrons. The van der Waals surface area contributed by atoms with Crippen molar-refractivity contribution in [1.82, 2.24) is 14.7 Å². The molecule has 1 atom stereocenters. The summed E-state index contributed by atoms with van der Waals surface area (Å²) in [7, 11) is 0.511. The van der Waals surface area contributed by atoms with E-state index in [-0.39, 0.29) is 37.7 Å². The maximum Gasteiger partial charge on any atom is 0.312 e. The van der Waals surface area contributed by atoms with E-state index in [9.17, 15) is 23.1 Å². The van der Waals surface area contributed by atoms with Crippen LogP contribution in [-0.2, 0) is 26.0 Å². The maximum atomic E-state index is 13.0. The fourth-order valence-corrected chi connectivity index (χ4v) is 4.94. The fraction of sp³-hybridized carbons (Fsp3) is 0.579. The van der Waals surface area contributed by atoms with Crippen LogP contribution in [0.2, 0.25) is 0 Å². The van der Waals surface area contributed by atoms with Gasteiger partial charge in [0.15, 0.2) is 9.84 Å². The Morgan fingerprint density at radius 3 is 2.29 bits per heavy atom. The van der Waals surface area contributed by atoms with E-state index < -0.39 is 27.7 Å². The Labute approximate surface area is 166 Å². The minimum Gasteiger partial charge on any atom is -0.395 e. The lowest BCUT2D eigenvalue weighted by molar-refractivity contribution is -0.153. The van der Waals surface area contributed by atoms with Crippen molar-refractivity contribution in [3.8, 4) is 0 Å². The van der Waals surface area contributed by atoms with Crippen molar-refractivity contribution < 1.29 is 23.1 Å². The molecule has 9 heteroatoms. The number of carbonyl (C=O) groups is 2. The van der Waals surface area contributed by atoms with Crippen LogP contribution in [0.15, 0.2) is 30.3 Å². The molecule has 8 nitrogen and oxygen atoms in total. The number of carbonyl (C=O) groups excluding carboxylic acids is 2. The molecule has 156 valence electrons. The number of rotatable bonds is 8. The molecule has 2 amide bonds. The Morgan fingerprint density at radius 1 is 1.07 bits per heavy atom. The Hall–Kier alpha value is -1.97. The molecule has 0 bridgehead atoms. The molecule has 0 saturated carbocycles. The van der Waals surface area contributed by atoms with Crippen molar-refractivity contribution in [1.29, 1.82) is 0 Å². The third kappa shape index (κ3) is 6.29. The highest BCUT2D eigenvalue weighted by Gasteiger charge is 2.37. The second-order valence-electron chi connectivity index (χ2n) is 7.29. The molecular weight excluding hydrogens is 382 g/mol. The number of nitrogens with zero attached hydrogens (tertiary/aromatic N) is 3. The molecule has 1 aromatic rings. The highest BCUT2D eigenvalue weighted by molar-refractivity contribution is 7.91. The van der Waals surface area contributed by atoms with Gasteiger partial charge in [-0.15, -0.1) is 0 Å². The van der Waals surface area contributed by atoms with E-state index in [1.54, 1.807) is 0 Å². The molecule has 0 aliphatic carbocycles. The smallest absolute Gasteiger partial charge is 0.312 e. The summed E-state index contributed by atoms with van der Waals surface area (Å²) in [6, 6.07) is 8.73. The molecule has 1 unspecified atom stereocenters. The molecule has 0 aromatic heterocycles. The normalized spacial score (nSPS) is 18.2. The van der Waals surface area contributed by atoms with Crippen LogP contribution in [0, 0.1) is 0 Å². The third-order valence-electron chi connectivity index (χ3n) is 4.75. The van der Waals surface area contributed by atoms with Crippen LogP contribution < -0.4 is 0 Å². The van der Waals surface area contributed by atoms with Gasteiger partial charge in [-0.05, 0) is 26.1 Å². The summed E-state index contributed by atoms with van der Waals surface area (Å²) >= 11 is 0. The quantitative estimate of drug-likeness (QED) is 0.584. The fourth-order valence-electron chi connectivity index (χ4n) is 3.21. The number of hydrogen-bond donors (Lipinski definition) is 1. The van der Waals surface area contributed by atoms with Crippen molar-refractivity contribution >= 4 is 21.7 Å². The van der Waals surface area contributed by atoms with E-state index >= 15 is 0 Å². The Kier molecular flexibility index (Phi) is 7.97. The zero-order valence-electron chi connectivity index (χ0n) is 16.5. The molecular formula is C19H29N3O5S. The predicted molar refractivity (Wildman–Crippen MR) is 106 cm³/mol. The van der Waals surface area contributed by atoms with Crippen LogP contribution in [-0.4, -0.2) is 97.9 Å². The summed E-state index contributed by atoms with van der Waals surface area (Å²) in [4.78, 5) is 30.5. The Bertz CT molecular complexity index is 767. The van der Waals surface area contributed by atoms with Gasteiger partial charge in [0, 0.05) is 32.2 Å². The number of aliphatic hydroxyl groups excluding tert-OH is 1. The van der Waals surface area contributed by atoms with Crippen LogP contribution in [0.25, 0.3) is 0 Å². The first-order valence-corrected chi connectivity index (χ1v) is 11.2. The Balaban J connectivity index is 2.18. The lowest BCUT2D eigenvalue weighted by Crippen LogP contribution is -2.51. The molecule has 2 rings (SSSR count). The zero-order valence-corrected chi connectivity index (χ0v) is 17.3. The van der Waals surface area contributed by atoms with Crippen LogP contribution in [0.3, 0.4) is 0 Å². The van der Waals surface area contributed by atoms with Crippen molar-refractivity contribution in [2.75, 3.05) is 51.8 Å². The number of hydrogen-bond acceptors (Lipinski definition) is 6. The number of likely N-dealkylation sites (N-methyl/N-ethyl adjacent to an activating group) is 1. The average Bonchev–Trinajstić information content (AvgIpc) is 3.01. The first kappa shape index (κ1) is 22.3. The molecule has 1 aliphatic heterocycles. The summed E-state index contributed by atoms with van der Waals surface area (Å²) in [5, 5.41) is 9.34. The highest BCUT2D eigenvalue weighted by Crippen LogP contribution is 2.19. The minimum atomic E-state index is -3.19. The van der Waals surface area contributed by atoms with Crippen molar-refractivity contribution in [2.24, 2.45) is 0 Å².